The molecule has 218 valence electrons. The van der Waals surface area contributed by atoms with E-state index >= 15 is 0 Å². The van der Waals surface area contributed by atoms with Crippen LogP contribution in [0.25, 0.3) is 0 Å². The van der Waals surface area contributed by atoms with Crippen LogP contribution >= 0.6 is 0 Å². The summed E-state index contributed by atoms with van der Waals surface area (Å²) in [5.74, 6) is 0.0666. The molecule has 2 N–H and O–H groups in total. The van der Waals surface area contributed by atoms with Crippen LogP contribution in [0.1, 0.15) is 50.7 Å². The molecule has 6 rings (SSSR count). The van der Waals surface area contributed by atoms with Crippen LogP contribution in [0.15, 0.2) is 64.5 Å². The zero-order chi connectivity index (χ0) is 29.6. The number of aliphatic imine (C=N–C) groups is 1. The van der Waals surface area contributed by atoms with Gasteiger partial charge in [-0.3, -0.25) is 9.79 Å². The lowest BCUT2D eigenvalue weighted by molar-refractivity contribution is -0.136. The lowest BCUT2D eigenvalue weighted by Crippen LogP contribution is -2.54. The molecule has 3 saturated carbocycles. The van der Waals surface area contributed by atoms with Crippen LogP contribution in [0, 0.1) is 23.2 Å². The maximum absolute atomic E-state index is 14.0. The Bertz CT molecular complexity index is 1480. The number of nitrogens with zero attached hydrogens (tertiary/aromatic N) is 3. The standard InChI is InChI=1S/C29H32F3N5O3S/c1-27(2)24(26(38)34-13-12-29(30,31)32)35-25(36-27)23-16-28(14-21(23)15-28)37(18-20-10-8-19(17-33)9-11-20)41(39,40)22-6-4-3-5-7-22/h3-11,21,23-24H,12-16,18H2,1-2H3,(H,34,38)(H,35,36)/t21?,23-,24-,28?/m0/s1. The Hall–Kier alpha value is -3.43. The van der Waals surface area contributed by atoms with Gasteiger partial charge in [0.25, 0.3) is 0 Å². The van der Waals surface area contributed by atoms with E-state index < -0.39 is 52.2 Å². The first-order chi connectivity index (χ1) is 19.2. The van der Waals surface area contributed by atoms with Crippen molar-refractivity contribution >= 4 is 21.8 Å². The van der Waals surface area contributed by atoms with Gasteiger partial charge in [-0.2, -0.15) is 22.7 Å². The molecule has 2 atom stereocenters. The number of sulfonamides is 1. The van der Waals surface area contributed by atoms with Crippen LogP contribution in [0.2, 0.25) is 0 Å². The summed E-state index contributed by atoms with van der Waals surface area (Å²) in [6, 6.07) is 16.3. The number of nitriles is 1. The molecular weight excluding hydrogens is 555 g/mol. The first kappa shape index (κ1) is 29.1. The normalized spacial score (nSPS) is 26.6. The molecule has 3 aliphatic carbocycles. The van der Waals surface area contributed by atoms with Crippen LogP contribution in [0.3, 0.4) is 0 Å². The molecule has 2 bridgehead atoms. The minimum Gasteiger partial charge on any atom is -0.366 e. The van der Waals surface area contributed by atoms with Crippen molar-refractivity contribution in [1.82, 2.24) is 14.9 Å². The first-order valence-electron chi connectivity index (χ1n) is 13.5. The van der Waals surface area contributed by atoms with E-state index in [0.29, 0.717) is 30.7 Å². The Morgan fingerprint density at radius 2 is 1.78 bits per heavy atom. The number of hydrogen-bond donors (Lipinski definition) is 2. The number of rotatable bonds is 9. The van der Waals surface area contributed by atoms with Crippen LogP contribution in [-0.2, 0) is 21.4 Å². The quantitative estimate of drug-likeness (QED) is 0.458. The second-order valence-electron chi connectivity index (χ2n) is 11.8. The Morgan fingerprint density at radius 1 is 1.12 bits per heavy atom. The van der Waals surface area contributed by atoms with Gasteiger partial charge in [0.1, 0.15) is 5.84 Å². The van der Waals surface area contributed by atoms with Crippen molar-refractivity contribution in [3.8, 4) is 6.07 Å². The summed E-state index contributed by atoms with van der Waals surface area (Å²) in [5, 5.41) is 14.8. The van der Waals surface area contributed by atoms with Crippen molar-refractivity contribution in [2.24, 2.45) is 16.8 Å². The Labute approximate surface area is 237 Å². The third-order valence-electron chi connectivity index (χ3n) is 8.43. The fourth-order valence-corrected chi connectivity index (χ4v) is 8.18. The third-order valence-corrected chi connectivity index (χ3v) is 10.4. The molecule has 2 aromatic carbocycles. The van der Waals surface area contributed by atoms with Crippen LogP contribution < -0.4 is 10.6 Å². The van der Waals surface area contributed by atoms with E-state index in [1.54, 1.807) is 72.7 Å². The zero-order valence-corrected chi connectivity index (χ0v) is 23.6. The highest BCUT2D eigenvalue weighted by Crippen LogP contribution is 2.60. The number of amides is 1. The summed E-state index contributed by atoms with van der Waals surface area (Å²) in [5.41, 5.74) is -0.216. The van der Waals surface area contributed by atoms with Crippen LogP contribution in [0.4, 0.5) is 13.2 Å². The lowest BCUT2D eigenvalue weighted by Gasteiger charge is -2.46. The minimum absolute atomic E-state index is 0.114. The largest absolute Gasteiger partial charge is 0.390 e. The van der Waals surface area contributed by atoms with Gasteiger partial charge in [0, 0.05) is 24.5 Å². The molecule has 1 amide bonds. The fraction of sp³-hybridized carbons (Fsp3) is 0.483. The van der Waals surface area contributed by atoms with Crippen molar-refractivity contribution in [2.45, 2.75) is 74.3 Å². The third kappa shape index (κ3) is 5.70. The summed E-state index contributed by atoms with van der Waals surface area (Å²) in [4.78, 5) is 17.6. The Morgan fingerprint density at radius 3 is 2.39 bits per heavy atom. The molecule has 41 heavy (non-hydrogen) atoms. The topological polar surface area (TPSA) is 115 Å². The van der Waals surface area contributed by atoms with E-state index in [1.165, 1.54) is 0 Å². The van der Waals surface area contributed by atoms with Gasteiger partial charge in [-0.25, -0.2) is 8.42 Å². The van der Waals surface area contributed by atoms with E-state index in [-0.39, 0.29) is 23.3 Å². The SMILES string of the molecule is CC1(C)NC([C@H]2CC3(N(Cc4ccc(C#N)cc4)S(=O)(=O)c4ccccc4)CC2C3)=N[C@H]1C(=O)NCCC(F)(F)F. The van der Waals surface area contributed by atoms with E-state index in [2.05, 4.69) is 21.7 Å². The van der Waals surface area contributed by atoms with Crippen molar-refractivity contribution in [3.05, 3.63) is 65.7 Å². The molecule has 0 aromatic heterocycles. The van der Waals surface area contributed by atoms with Crippen molar-refractivity contribution < 1.29 is 26.4 Å². The number of alkyl halides is 3. The Balaban J connectivity index is 1.39. The minimum atomic E-state index is -4.37. The molecule has 4 aliphatic rings. The molecule has 0 saturated heterocycles. The van der Waals surface area contributed by atoms with Gasteiger partial charge in [-0.15, -0.1) is 0 Å². The summed E-state index contributed by atoms with van der Waals surface area (Å²) < 4.78 is 67.3. The Kier molecular flexibility index (Phi) is 7.40. The summed E-state index contributed by atoms with van der Waals surface area (Å²) in [6.07, 6.45) is -3.72. The number of hydrogen-bond acceptors (Lipinski definition) is 6. The summed E-state index contributed by atoms with van der Waals surface area (Å²) in [6.45, 7) is 3.18. The molecule has 12 heteroatoms. The highest BCUT2D eigenvalue weighted by atomic mass is 32.2. The van der Waals surface area contributed by atoms with Crippen molar-refractivity contribution in [3.63, 3.8) is 0 Å². The number of benzene rings is 2. The number of carbonyl (C=O) groups excluding carboxylic acids is 1. The van der Waals surface area contributed by atoms with Gasteiger partial charge < -0.3 is 10.6 Å². The highest BCUT2D eigenvalue weighted by molar-refractivity contribution is 7.89. The maximum atomic E-state index is 14.0. The van der Waals surface area contributed by atoms with Gasteiger partial charge in [0.2, 0.25) is 15.9 Å². The van der Waals surface area contributed by atoms with E-state index in [0.717, 1.165) is 5.56 Å². The fourth-order valence-electron chi connectivity index (χ4n) is 6.38. The lowest BCUT2D eigenvalue weighted by atomic mass is 9.76. The average Bonchev–Trinajstić information content (AvgIpc) is 3.56. The summed E-state index contributed by atoms with van der Waals surface area (Å²) in [7, 11) is -3.88. The van der Waals surface area contributed by atoms with Gasteiger partial charge in [0.05, 0.1) is 28.5 Å². The molecule has 3 fully saturated rings. The monoisotopic (exact) mass is 587 g/mol. The second kappa shape index (κ2) is 10.4. The predicted octanol–water partition coefficient (Wildman–Crippen LogP) is 4.14. The van der Waals surface area contributed by atoms with Gasteiger partial charge in [-0.05, 0) is 68.9 Å². The average molecular weight is 588 g/mol. The number of amidine groups is 1. The van der Waals surface area contributed by atoms with Gasteiger partial charge >= 0.3 is 6.18 Å². The van der Waals surface area contributed by atoms with Crippen LogP contribution in [0.5, 0.6) is 0 Å². The number of fused-ring (bicyclic) bond motifs is 1. The van der Waals surface area contributed by atoms with Crippen molar-refractivity contribution in [1.29, 1.82) is 5.26 Å². The van der Waals surface area contributed by atoms with Gasteiger partial charge in [-0.1, -0.05) is 30.3 Å². The highest BCUT2D eigenvalue weighted by Gasteiger charge is 2.63. The van der Waals surface area contributed by atoms with Crippen LogP contribution in [-0.4, -0.2) is 54.3 Å². The number of halogens is 3. The molecule has 8 nitrogen and oxygen atoms in total. The predicted molar refractivity (Wildman–Crippen MR) is 146 cm³/mol. The smallest absolute Gasteiger partial charge is 0.366 e. The molecule has 2 aromatic rings. The maximum Gasteiger partial charge on any atom is 0.390 e. The number of nitrogens with one attached hydrogen (secondary N) is 2. The molecule has 0 spiro atoms. The number of carbonyl (C=O) groups is 1. The second-order valence-corrected chi connectivity index (χ2v) is 13.6. The van der Waals surface area contributed by atoms with E-state index in [4.69, 9.17) is 5.26 Å². The summed E-state index contributed by atoms with van der Waals surface area (Å²) >= 11 is 0. The molecule has 0 unspecified atom stereocenters. The molecular formula is C29H32F3N5O3S. The molecule has 1 heterocycles. The van der Waals surface area contributed by atoms with Gasteiger partial charge in [0.15, 0.2) is 6.04 Å². The van der Waals surface area contributed by atoms with E-state index in [9.17, 15) is 26.4 Å². The zero-order valence-electron chi connectivity index (χ0n) is 22.8. The first-order valence-corrected chi connectivity index (χ1v) is 15.0. The molecule has 1 aliphatic heterocycles. The van der Waals surface area contributed by atoms with E-state index in [1.807, 2.05) is 0 Å². The molecule has 0 radical (unpaired) electrons. The van der Waals surface area contributed by atoms with Crippen molar-refractivity contribution in [2.75, 3.05) is 6.54 Å².